The molecular weight excluding hydrogens is 246 g/mol. The molecular formula is C13H17N3O3. The Balaban J connectivity index is 2.06. The van der Waals surface area contributed by atoms with Gasteiger partial charge in [0.05, 0.1) is 4.92 Å². The number of rotatable bonds is 4. The van der Waals surface area contributed by atoms with Gasteiger partial charge in [-0.1, -0.05) is 6.92 Å². The molecule has 1 aromatic carbocycles. The Bertz CT molecular complexity index is 512. The number of nitrogens with one attached hydrogen (secondary N) is 2. The number of non-ortho nitro benzene ring substituents is 1. The van der Waals surface area contributed by atoms with E-state index in [1.165, 1.54) is 12.1 Å². The summed E-state index contributed by atoms with van der Waals surface area (Å²) in [6.07, 6.45) is 0. The minimum absolute atomic E-state index is 0.0340. The highest BCUT2D eigenvalue weighted by Crippen LogP contribution is 2.23. The fraction of sp³-hybridized carbons (Fsp3) is 0.462. The van der Waals surface area contributed by atoms with Crippen LogP contribution in [0.4, 0.5) is 11.4 Å². The molecule has 0 bridgehead atoms. The van der Waals surface area contributed by atoms with Gasteiger partial charge >= 0.3 is 0 Å². The number of hydrogen-bond acceptors (Lipinski definition) is 4. The van der Waals surface area contributed by atoms with Crippen molar-refractivity contribution in [2.24, 2.45) is 11.8 Å². The lowest BCUT2D eigenvalue weighted by Gasteiger charge is -2.31. The van der Waals surface area contributed by atoms with Crippen molar-refractivity contribution < 1.29 is 9.72 Å². The molecule has 1 heterocycles. The summed E-state index contributed by atoms with van der Waals surface area (Å²) in [5.41, 5.74) is 1.36. The average Bonchev–Trinajstić information content (AvgIpc) is 2.29. The standard InChI is InChI=1S/C13H17N3O3/c1-8-5-11(16(18)19)3-4-12(8)15-13(17)9(2)10-6-14-7-10/h3-5,9-10,14H,6-7H2,1-2H3,(H,15,17). The third-order valence-electron chi connectivity index (χ3n) is 3.61. The number of benzene rings is 1. The van der Waals surface area contributed by atoms with Gasteiger partial charge in [-0.3, -0.25) is 14.9 Å². The summed E-state index contributed by atoms with van der Waals surface area (Å²) in [7, 11) is 0. The average molecular weight is 263 g/mol. The van der Waals surface area contributed by atoms with E-state index in [1.54, 1.807) is 13.0 Å². The molecule has 2 N–H and O–H groups in total. The van der Waals surface area contributed by atoms with Crippen molar-refractivity contribution in [2.45, 2.75) is 13.8 Å². The monoisotopic (exact) mass is 263 g/mol. The van der Waals surface area contributed by atoms with E-state index >= 15 is 0 Å². The van der Waals surface area contributed by atoms with Gasteiger partial charge in [0.15, 0.2) is 0 Å². The molecule has 6 nitrogen and oxygen atoms in total. The number of nitrogens with zero attached hydrogens (tertiary/aromatic N) is 1. The molecule has 1 aliphatic heterocycles. The fourth-order valence-electron chi connectivity index (χ4n) is 2.03. The molecule has 1 amide bonds. The third-order valence-corrected chi connectivity index (χ3v) is 3.61. The second-order valence-corrected chi connectivity index (χ2v) is 4.95. The lowest BCUT2D eigenvalue weighted by molar-refractivity contribution is -0.384. The lowest BCUT2D eigenvalue weighted by Crippen LogP contribution is -2.48. The van der Waals surface area contributed by atoms with Crippen LogP contribution in [0.2, 0.25) is 0 Å². The van der Waals surface area contributed by atoms with E-state index in [0.29, 0.717) is 17.2 Å². The Morgan fingerprint density at radius 3 is 2.68 bits per heavy atom. The SMILES string of the molecule is Cc1cc([N+](=O)[O-])ccc1NC(=O)C(C)C1CNC1. The molecule has 0 saturated carbocycles. The zero-order chi connectivity index (χ0) is 14.0. The van der Waals surface area contributed by atoms with Crippen molar-refractivity contribution in [3.63, 3.8) is 0 Å². The van der Waals surface area contributed by atoms with E-state index < -0.39 is 4.92 Å². The summed E-state index contributed by atoms with van der Waals surface area (Å²) >= 11 is 0. The zero-order valence-corrected chi connectivity index (χ0v) is 11.0. The smallest absolute Gasteiger partial charge is 0.269 e. The zero-order valence-electron chi connectivity index (χ0n) is 11.0. The van der Waals surface area contributed by atoms with Crippen molar-refractivity contribution in [2.75, 3.05) is 18.4 Å². The van der Waals surface area contributed by atoms with Gasteiger partial charge in [-0.15, -0.1) is 0 Å². The summed E-state index contributed by atoms with van der Waals surface area (Å²) in [6.45, 7) is 5.39. The fourth-order valence-corrected chi connectivity index (χ4v) is 2.03. The van der Waals surface area contributed by atoms with Gasteiger partial charge in [-0.25, -0.2) is 0 Å². The van der Waals surface area contributed by atoms with Crippen LogP contribution in [0, 0.1) is 28.9 Å². The van der Waals surface area contributed by atoms with Crippen LogP contribution in [0.1, 0.15) is 12.5 Å². The number of aryl methyl sites for hydroxylation is 1. The van der Waals surface area contributed by atoms with E-state index in [9.17, 15) is 14.9 Å². The van der Waals surface area contributed by atoms with Crippen molar-refractivity contribution in [1.29, 1.82) is 0 Å². The van der Waals surface area contributed by atoms with Gasteiger partial charge in [0, 0.05) is 23.7 Å². The number of carbonyl (C=O) groups is 1. The summed E-state index contributed by atoms with van der Waals surface area (Å²) < 4.78 is 0. The Morgan fingerprint density at radius 2 is 2.21 bits per heavy atom. The quantitative estimate of drug-likeness (QED) is 0.639. The van der Waals surface area contributed by atoms with Crippen LogP contribution >= 0.6 is 0 Å². The van der Waals surface area contributed by atoms with Gasteiger partial charge < -0.3 is 10.6 Å². The maximum Gasteiger partial charge on any atom is 0.269 e. The Kier molecular flexibility index (Phi) is 3.80. The molecule has 19 heavy (non-hydrogen) atoms. The first kappa shape index (κ1) is 13.5. The normalized spacial score (nSPS) is 16.5. The highest BCUT2D eigenvalue weighted by atomic mass is 16.6. The highest BCUT2D eigenvalue weighted by molar-refractivity contribution is 5.93. The van der Waals surface area contributed by atoms with Crippen molar-refractivity contribution in [1.82, 2.24) is 5.32 Å². The Hall–Kier alpha value is -1.95. The second kappa shape index (κ2) is 5.36. The van der Waals surface area contributed by atoms with Crippen molar-refractivity contribution in [3.05, 3.63) is 33.9 Å². The summed E-state index contributed by atoms with van der Waals surface area (Å²) in [5, 5.41) is 16.6. The molecule has 0 radical (unpaired) electrons. The minimum Gasteiger partial charge on any atom is -0.326 e. The maximum absolute atomic E-state index is 12.0. The number of anilines is 1. The van der Waals surface area contributed by atoms with E-state index in [-0.39, 0.29) is 17.5 Å². The molecule has 1 aliphatic rings. The molecule has 0 spiro atoms. The molecule has 1 atom stereocenters. The van der Waals surface area contributed by atoms with Crippen LogP contribution in [-0.4, -0.2) is 23.9 Å². The molecule has 1 fully saturated rings. The molecule has 0 aliphatic carbocycles. The molecule has 1 saturated heterocycles. The van der Waals surface area contributed by atoms with Gasteiger partial charge in [0.25, 0.3) is 5.69 Å². The minimum atomic E-state index is -0.443. The Morgan fingerprint density at radius 1 is 1.53 bits per heavy atom. The van der Waals surface area contributed by atoms with Crippen molar-refractivity contribution >= 4 is 17.3 Å². The van der Waals surface area contributed by atoms with Crippen LogP contribution in [0.25, 0.3) is 0 Å². The summed E-state index contributed by atoms with van der Waals surface area (Å²) in [4.78, 5) is 22.2. The first-order valence-electron chi connectivity index (χ1n) is 6.25. The first-order chi connectivity index (χ1) is 8.99. The predicted molar refractivity (Wildman–Crippen MR) is 72.0 cm³/mol. The van der Waals surface area contributed by atoms with Crippen LogP contribution in [0.5, 0.6) is 0 Å². The largest absolute Gasteiger partial charge is 0.326 e. The van der Waals surface area contributed by atoms with Crippen LogP contribution in [0.3, 0.4) is 0 Å². The van der Waals surface area contributed by atoms with Gasteiger partial charge in [0.1, 0.15) is 0 Å². The molecule has 0 aromatic heterocycles. The predicted octanol–water partition coefficient (Wildman–Crippen LogP) is 1.70. The third kappa shape index (κ3) is 2.90. The van der Waals surface area contributed by atoms with Crippen LogP contribution in [-0.2, 0) is 4.79 Å². The summed E-state index contributed by atoms with van der Waals surface area (Å²) in [6, 6.07) is 4.44. The van der Waals surface area contributed by atoms with Crippen LogP contribution < -0.4 is 10.6 Å². The molecule has 1 aromatic rings. The van der Waals surface area contributed by atoms with Crippen LogP contribution in [0.15, 0.2) is 18.2 Å². The first-order valence-corrected chi connectivity index (χ1v) is 6.25. The second-order valence-electron chi connectivity index (χ2n) is 4.95. The molecule has 2 rings (SSSR count). The van der Waals surface area contributed by atoms with Crippen molar-refractivity contribution in [3.8, 4) is 0 Å². The highest BCUT2D eigenvalue weighted by Gasteiger charge is 2.28. The number of hydrogen-bond donors (Lipinski definition) is 2. The molecule has 1 unspecified atom stereocenters. The molecule has 102 valence electrons. The molecule has 6 heteroatoms. The number of nitro groups is 1. The van der Waals surface area contributed by atoms with E-state index in [4.69, 9.17) is 0 Å². The van der Waals surface area contributed by atoms with E-state index in [2.05, 4.69) is 10.6 Å². The maximum atomic E-state index is 12.0. The summed E-state index contributed by atoms with van der Waals surface area (Å²) in [5.74, 6) is 0.276. The Labute approximate surface area is 111 Å². The van der Waals surface area contributed by atoms with E-state index in [1.807, 2.05) is 6.92 Å². The van der Waals surface area contributed by atoms with E-state index in [0.717, 1.165) is 13.1 Å². The van der Waals surface area contributed by atoms with Gasteiger partial charge in [-0.05, 0) is 37.6 Å². The van der Waals surface area contributed by atoms with Gasteiger partial charge in [-0.2, -0.15) is 0 Å². The lowest BCUT2D eigenvalue weighted by atomic mass is 9.88. The topological polar surface area (TPSA) is 84.3 Å². The number of amides is 1. The number of nitro benzene ring substituents is 1. The van der Waals surface area contributed by atoms with Gasteiger partial charge in [0.2, 0.25) is 5.91 Å². The number of carbonyl (C=O) groups excluding carboxylic acids is 1.